The zero-order valence-corrected chi connectivity index (χ0v) is 14.6. The minimum Gasteiger partial charge on any atom is -0.497 e. The number of rotatable bonds is 2. The molecule has 0 N–H and O–H groups in total. The highest BCUT2D eigenvalue weighted by molar-refractivity contribution is 9.10. The van der Waals surface area contributed by atoms with Crippen molar-refractivity contribution in [2.24, 2.45) is 0 Å². The molecule has 1 aromatic carbocycles. The van der Waals surface area contributed by atoms with Gasteiger partial charge in [-0.25, -0.2) is 4.79 Å². The number of hydrogen-bond donors (Lipinski definition) is 0. The molecule has 1 heterocycles. The number of amides is 1. The van der Waals surface area contributed by atoms with Gasteiger partial charge in [0, 0.05) is 23.5 Å². The van der Waals surface area contributed by atoms with Crippen molar-refractivity contribution in [3.8, 4) is 5.75 Å². The molecule has 0 bridgehead atoms. The lowest BCUT2D eigenvalue weighted by Crippen LogP contribution is -2.35. The Hall–Kier alpha value is -1.23. The minimum atomic E-state index is -0.453. The Labute approximate surface area is 134 Å². The number of methoxy groups -OCH3 is 1. The summed E-state index contributed by atoms with van der Waals surface area (Å²) in [4.78, 5) is 13.9. The number of nitrogens with zero attached hydrogens (tertiary/aromatic N) is 1. The summed E-state index contributed by atoms with van der Waals surface area (Å²) in [5.74, 6) is 1.14. The monoisotopic (exact) mass is 355 g/mol. The molecule has 21 heavy (non-hydrogen) atoms. The molecular weight excluding hydrogens is 334 g/mol. The predicted molar refractivity (Wildman–Crippen MR) is 85.9 cm³/mol. The van der Waals surface area contributed by atoms with Gasteiger partial charge in [0.2, 0.25) is 0 Å². The van der Waals surface area contributed by atoms with Crippen molar-refractivity contribution in [2.75, 3.05) is 20.2 Å². The van der Waals surface area contributed by atoms with Crippen molar-refractivity contribution in [1.82, 2.24) is 4.90 Å². The average Bonchev–Trinajstić information content (AvgIpc) is 2.87. The number of benzene rings is 1. The Balaban J connectivity index is 2.07. The predicted octanol–water partition coefficient (Wildman–Crippen LogP) is 4.18. The van der Waals surface area contributed by atoms with E-state index in [1.807, 2.05) is 39.0 Å². The summed E-state index contributed by atoms with van der Waals surface area (Å²) in [5.41, 5.74) is 0.728. The molecule has 0 aromatic heterocycles. The van der Waals surface area contributed by atoms with Gasteiger partial charge in [0.05, 0.1) is 7.11 Å². The van der Waals surface area contributed by atoms with Gasteiger partial charge in [-0.3, -0.25) is 0 Å². The first-order chi connectivity index (χ1) is 9.80. The fourth-order valence-electron chi connectivity index (χ4n) is 2.47. The molecule has 116 valence electrons. The van der Waals surface area contributed by atoms with Crippen LogP contribution in [0.1, 0.15) is 38.7 Å². The fourth-order valence-corrected chi connectivity index (χ4v) is 3.04. The topological polar surface area (TPSA) is 38.8 Å². The van der Waals surface area contributed by atoms with Gasteiger partial charge in [-0.15, -0.1) is 0 Å². The first kappa shape index (κ1) is 16.1. The molecule has 4 nitrogen and oxygen atoms in total. The Morgan fingerprint density at radius 2 is 2.10 bits per heavy atom. The van der Waals surface area contributed by atoms with Gasteiger partial charge >= 0.3 is 6.09 Å². The van der Waals surface area contributed by atoms with Crippen molar-refractivity contribution < 1.29 is 14.3 Å². The summed E-state index contributed by atoms with van der Waals surface area (Å²) in [6, 6.07) is 5.95. The lowest BCUT2D eigenvalue weighted by Gasteiger charge is -2.24. The molecule has 1 atom stereocenters. The molecule has 1 unspecified atom stereocenters. The highest BCUT2D eigenvalue weighted by Crippen LogP contribution is 2.35. The molecule has 0 aliphatic carbocycles. The largest absolute Gasteiger partial charge is 0.497 e. The minimum absolute atomic E-state index is 0.232. The van der Waals surface area contributed by atoms with Crippen LogP contribution in [0.25, 0.3) is 0 Å². The quantitative estimate of drug-likeness (QED) is 0.798. The fraction of sp³-hybridized carbons (Fsp3) is 0.562. The van der Waals surface area contributed by atoms with Crippen LogP contribution in [-0.4, -0.2) is 36.8 Å². The summed E-state index contributed by atoms with van der Waals surface area (Å²) >= 11 is 3.59. The van der Waals surface area contributed by atoms with E-state index in [-0.39, 0.29) is 6.09 Å². The molecular formula is C16H22BrNO3. The molecule has 0 radical (unpaired) electrons. The van der Waals surface area contributed by atoms with Crippen LogP contribution in [-0.2, 0) is 4.74 Å². The highest BCUT2D eigenvalue weighted by atomic mass is 79.9. The molecule has 5 heteroatoms. The maximum atomic E-state index is 12.1. The van der Waals surface area contributed by atoms with Crippen LogP contribution < -0.4 is 4.74 Å². The SMILES string of the molecule is COc1ccc(Br)c(C2CCN(C(=O)OC(C)(C)C)C2)c1. The third kappa shape index (κ3) is 4.13. The van der Waals surface area contributed by atoms with E-state index in [9.17, 15) is 4.79 Å². The van der Waals surface area contributed by atoms with Crippen LogP contribution in [0, 0.1) is 0 Å². The van der Waals surface area contributed by atoms with Gasteiger partial charge in [-0.1, -0.05) is 15.9 Å². The van der Waals surface area contributed by atoms with E-state index < -0.39 is 5.60 Å². The zero-order chi connectivity index (χ0) is 15.6. The molecule has 1 saturated heterocycles. The second kappa shape index (κ2) is 6.26. The molecule has 0 saturated carbocycles. The van der Waals surface area contributed by atoms with E-state index in [0.29, 0.717) is 12.5 Å². The van der Waals surface area contributed by atoms with Gasteiger partial charge in [-0.05, 0) is 51.0 Å². The van der Waals surface area contributed by atoms with Gasteiger partial charge in [0.15, 0.2) is 0 Å². The number of halogens is 1. The lowest BCUT2D eigenvalue weighted by molar-refractivity contribution is 0.0292. The van der Waals surface area contributed by atoms with E-state index in [0.717, 1.165) is 23.2 Å². The van der Waals surface area contributed by atoms with Crippen LogP contribution in [0.4, 0.5) is 4.79 Å². The average molecular weight is 356 g/mol. The Morgan fingerprint density at radius 3 is 2.71 bits per heavy atom. The summed E-state index contributed by atoms with van der Waals surface area (Å²) in [6.45, 7) is 7.06. The second-order valence-corrected chi connectivity index (χ2v) is 7.15. The number of hydrogen-bond acceptors (Lipinski definition) is 3. The Morgan fingerprint density at radius 1 is 1.38 bits per heavy atom. The summed E-state index contributed by atoms with van der Waals surface area (Å²) in [6.07, 6.45) is 0.703. The maximum Gasteiger partial charge on any atom is 0.410 e. The van der Waals surface area contributed by atoms with E-state index in [2.05, 4.69) is 15.9 Å². The number of carbonyl (C=O) groups excluding carboxylic acids is 1. The third-order valence-electron chi connectivity index (χ3n) is 3.48. The van der Waals surface area contributed by atoms with Crippen LogP contribution in [0.15, 0.2) is 22.7 Å². The highest BCUT2D eigenvalue weighted by Gasteiger charge is 2.31. The van der Waals surface area contributed by atoms with Crippen molar-refractivity contribution in [3.63, 3.8) is 0 Å². The molecule has 2 rings (SSSR count). The Bertz CT molecular complexity index is 525. The van der Waals surface area contributed by atoms with Gasteiger partial charge in [-0.2, -0.15) is 0 Å². The van der Waals surface area contributed by atoms with E-state index in [1.165, 1.54) is 5.56 Å². The molecule has 0 spiro atoms. The molecule has 1 aliphatic heterocycles. The van der Waals surface area contributed by atoms with Crippen LogP contribution in [0.2, 0.25) is 0 Å². The first-order valence-electron chi connectivity index (χ1n) is 7.11. The Kier molecular flexibility index (Phi) is 4.81. The summed E-state index contributed by atoms with van der Waals surface area (Å²) < 4.78 is 11.8. The van der Waals surface area contributed by atoms with Crippen LogP contribution >= 0.6 is 15.9 Å². The first-order valence-corrected chi connectivity index (χ1v) is 7.91. The van der Waals surface area contributed by atoms with Gasteiger partial charge in [0.25, 0.3) is 0 Å². The van der Waals surface area contributed by atoms with Crippen molar-refractivity contribution in [1.29, 1.82) is 0 Å². The zero-order valence-electron chi connectivity index (χ0n) is 13.0. The van der Waals surface area contributed by atoms with E-state index in [1.54, 1.807) is 12.0 Å². The van der Waals surface area contributed by atoms with Crippen LogP contribution in [0.5, 0.6) is 5.75 Å². The molecule has 1 amide bonds. The van der Waals surface area contributed by atoms with Crippen LogP contribution in [0.3, 0.4) is 0 Å². The van der Waals surface area contributed by atoms with E-state index in [4.69, 9.17) is 9.47 Å². The number of likely N-dealkylation sites (tertiary alicyclic amines) is 1. The normalized spacial score (nSPS) is 18.7. The van der Waals surface area contributed by atoms with Gasteiger partial charge < -0.3 is 14.4 Å². The molecule has 1 aromatic rings. The molecule has 1 fully saturated rings. The van der Waals surface area contributed by atoms with Crippen molar-refractivity contribution >= 4 is 22.0 Å². The standard InChI is InChI=1S/C16H22BrNO3/c1-16(2,3)21-15(19)18-8-7-11(10-18)13-9-12(20-4)5-6-14(13)17/h5-6,9,11H,7-8,10H2,1-4H3. The smallest absolute Gasteiger partial charge is 0.410 e. The maximum absolute atomic E-state index is 12.1. The van der Waals surface area contributed by atoms with Crippen molar-refractivity contribution in [3.05, 3.63) is 28.2 Å². The van der Waals surface area contributed by atoms with Gasteiger partial charge in [0.1, 0.15) is 11.4 Å². The molecule has 1 aliphatic rings. The lowest BCUT2D eigenvalue weighted by atomic mass is 9.98. The number of carbonyl (C=O) groups is 1. The van der Waals surface area contributed by atoms with Crippen molar-refractivity contribution in [2.45, 2.75) is 38.7 Å². The third-order valence-corrected chi connectivity index (χ3v) is 4.21. The summed E-state index contributed by atoms with van der Waals surface area (Å²) in [7, 11) is 1.66. The second-order valence-electron chi connectivity index (χ2n) is 6.30. The summed E-state index contributed by atoms with van der Waals surface area (Å²) in [5, 5.41) is 0. The van der Waals surface area contributed by atoms with E-state index >= 15 is 0 Å². The number of ether oxygens (including phenoxy) is 2.